The summed E-state index contributed by atoms with van der Waals surface area (Å²) in [6, 6.07) is 0. The minimum Gasteiger partial charge on any atom is -0.366 e. The maximum Gasteiger partial charge on any atom is 0.116 e. The molecule has 0 amide bonds. The molecular weight excluding hydrogens is 184 g/mol. The number of nitrogens with one attached hydrogen (secondary N) is 2. The first-order valence-corrected chi connectivity index (χ1v) is 5.65. The fourth-order valence-corrected chi connectivity index (χ4v) is 1.17. The predicted octanol–water partition coefficient (Wildman–Crippen LogP) is 3.31. The quantitative estimate of drug-likeness (QED) is 0.727. The van der Waals surface area contributed by atoms with Gasteiger partial charge in [-0.05, 0) is 39.3 Å². The number of hydrogen-bond donors (Lipinski definition) is 2. The van der Waals surface area contributed by atoms with E-state index in [1.54, 1.807) is 0 Å². The largest absolute Gasteiger partial charge is 0.366 e. The van der Waals surface area contributed by atoms with Gasteiger partial charge in [-0.25, -0.2) is 0 Å². The van der Waals surface area contributed by atoms with E-state index in [0.717, 1.165) is 0 Å². The molecule has 0 aliphatic carbocycles. The first-order chi connectivity index (χ1) is 7.13. The summed E-state index contributed by atoms with van der Waals surface area (Å²) in [7, 11) is 0. The van der Waals surface area contributed by atoms with Crippen LogP contribution >= 0.6 is 0 Å². The van der Waals surface area contributed by atoms with Gasteiger partial charge in [0.05, 0.1) is 0 Å². The average Bonchev–Trinajstić information content (AvgIpc) is 2.26. The molecule has 1 heterocycles. The standard InChI is InChI=1S/C11H18N2.C2H6/c1-5-9(3)12-11-7-6-8(2)10(4)13-11;1-2/h5-7,11-13H,1-4H3;1-2H3/b9-5-;. The third-order valence-electron chi connectivity index (χ3n) is 2.32. The van der Waals surface area contributed by atoms with Crippen molar-refractivity contribution in [2.45, 2.75) is 47.7 Å². The number of hydrogen-bond acceptors (Lipinski definition) is 2. The Kier molecular flexibility index (Phi) is 6.59. The molecule has 0 radical (unpaired) electrons. The summed E-state index contributed by atoms with van der Waals surface area (Å²) in [5.41, 5.74) is 3.73. The van der Waals surface area contributed by atoms with Crippen molar-refractivity contribution in [2.24, 2.45) is 0 Å². The van der Waals surface area contributed by atoms with Gasteiger partial charge in [0.2, 0.25) is 0 Å². The van der Waals surface area contributed by atoms with Crippen molar-refractivity contribution in [3.05, 3.63) is 35.2 Å². The fraction of sp³-hybridized carbons (Fsp3) is 0.538. The second kappa shape index (κ2) is 7.16. The molecule has 1 rings (SSSR count). The van der Waals surface area contributed by atoms with Crippen LogP contribution in [-0.2, 0) is 0 Å². The van der Waals surface area contributed by atoms with Gasteiger partial charge in [0, 0.05) is 11.4 Å². The number of allylic oxidation sites excluding steroid dienone is 5. The third kappa shape index (κ3) is 4.73. The summed E-state index contributed by atoms with van der Waals surface area (Å²) < 4.78 is 0. The fourth-order valence-electron chi connectivity index (χ4n) is 1.17. The van der Waals surface area contributed by atoms with Crippen molar-refractivity contribution in [3.63, 3.8) is 0 Å². The van der Waals surface area contributed by atoms with E-state index in [-0.39, 0.29) is 6.17 Å². The second-order valence-electron chi connectivity index (χ2n) is 3.41. The highest BCUT2D eigenvalue weighted by atomic mass is 15.1. The summed E-state index contributed by atoms with van der Waals surface area (Å²) in [6.45, 7) is 12.3. The van der Waals surface area contributed by atoms with Crippen molar-refractivity contribution >= 4 is 0 Å². The van der Waals surface area contributed by atoms with E-state index in [4.69, 9.17) is 0 Å². The molecule has 0 aromatic rings. The average molecular weight is 208 g/mol. The van der Waals surface area contributed by atoms with E-state index in [2.05, 4.69) is 49.6 Å². The van der Waals surface area contributed by atoms with E-state index in [1.807, 2.05) is 20.8 Å². The lowest BCUT2D eigenvalue weighted by Crippen LogP contribution is -2.40. The Morgan fingerprint density at radius 1 is 1.40 bits per heavy atom. The van der Waals surface area contributed by atoms with E-state index in [1.165, 1.54) is 17.0 Å². The highest BCUT2D eigenvalue weighted by Crippen LogP contribution is 2.09. The summed E-state index contributed by atoms with van der Waals surface area (Å²) in [6.07, 6.45) is 6.58. The minimum absolute atomic E-state index is 0.236. The van der Waals surface area contributed by atoms with Gasteiger partial charge in [0.15, 0.2) is 0 Å². The Hall–Kier alpha value is -1.18. The van der Waals surface area contributed by atoms with Crippen LogP contribution in [-0.4, -0.2) is 6.17 Å². The molecule has 2 heteroatoms. The third-order valence-corrected chi connectivity index (χ3v) is 2.32. The highest BCUT2D eigenvalue weighted by Gasteiger charge is 2.08. The van der Waals surface area contributed by atoms with Gasteiger partial charge < -0.3 is 10.6 Å². The van der Waals surface area contributed by atoms with Gasteiger partial charge in [-0.15, -0.1) is 0 Å². The molecule has 0 bridgehead atoms. The molecule has 1 aliphatic heterocycles. The molecule has 0 fully saturated rings. The highest BCUT2D eigenvalue weighted by molar-refractivity contribution is 5.27. The molecule has 1 aliphatic rings. The number of rotatable bonds is 2. The zero-order valence-electron chi connectivity index (χ0n) is 10.8. The second-order valence-corrected chi connectivity index (χ2v) is 3.41. The molecule has 1 atom stereocenters. The SMILES string of the molecule is C/C=C(/C)NC1C=CC(C)=C(C)N1.CC. The lowest BCUT2D eigenvalue weighted by Gasteiger charge is -2.24. The first-order valence-electron chi connectivity index (χ1n) is 5.65. The first kappa shape index (κ1) is 13.8. The predicted molar refractivity (Wildman–Crippen MR) is 68.4 cm³/mol. The number of dihydropyridines is 1. The molecule has 0 aromatic carbocycles. The van der Waals surface area contributed by atoms with Crippen molar-refractivity contribution in [3.8, 4) is 0 Å². The molecule has 0 saturated carbocycles. The topological polar surface area (TPSA) is 24.1 Å². The molecule has 0 aromatic heterocycles. The van der Waals surface area contributed by atoms with Crippen molar-refractivity contribution < 1.29 is 0 Å². The zero-order chi connectivity index (χ0) is 11.8. The maximum atomic E-state index is 3.37. The van der Waals surface area contributed by atoms with Crippen LogP contribution in [0.5, 0.6) is 0 Å². The van der Waals surface area contributed by atoms with E-state index in [9.17, 15) is 0 Å². The summed E-state index contributed by atoms with van der Waals surface area (Å²) in [5, 5.41) is 6.72. The van der Waals surface area contributed by atoms with Crippen LogP contribution in [0.15, 0.2) is 35.2 Å². The van der Waals surface area contributed by atoms with Crippen LogP contribution in [0.2, 0.25) is 0 Å². The molecule has 0 saturated heterocycles. The minimum atomic E-state index is 0.236. The summed E-state index contributed by atoms with van der Waals surface area (Å²) in [4.78, 5) is 0. The Morgan fingerprint density at radius 2 is 2.00 bits per heavy atom. The molecule has 0 spiro atoms. The van der Waals surface area contributed by atoms with Crippen molar-refractivity contribution in [1.82, 2.24) is 10.6 Å². The maximum absolute atomic E-state index is 3.37. The zero-order valence-corrected chi connectivity index (χ0v) is 10.8. The Balaban J connectivity index is 0.000000921. The van der Waals surface area contributed by atoms with E-state index < -0.39 is 0 Å². The molecular formula is C13H24N2. The Morgan fingerprint density at radius 3 is 2.47 bits per heavy atom. The monoisotopic (exact) mass is 208 g/mol. The lowest BCUT2D eigenvalue weighted by molar-refractivity contribution is 0.581. The van der Waals surface area contributed by atoms with Crippen molar-refractivity contribution in [1.29, 1.82) is 0 Å². The van der Waals surface area contributed by atoms with E-state index in [0.29, 0.717) is 0 Å². The van der Waals surface area contributed by atoms with Crippen LogP contribution in [0.1, 0.15) is 41.5 Å². The summed E-state index contributed by atoms with van der Waals surface area (Å²) >= 11 is 0. The molecule has 2 N–H and O–H groups in total. The van der Waals surface area contributed by atoms with Gasteiger partial charge in [-0.3, -0.25) is 0 Å². The van der Waals surface area contributed by atoms with Crippen molar-refractivity contribution in [2.75, 3.05) is 0 Å². The van der Waals surface area contributed by atoms with Gasteiger partial charge >= 0.3 is 0 Å². The molecule has 2 nitrogen and oxygen atoms in total. The van der Waals surface area contributed by atoms with E-state index >= 15 is 0 Å². The molecule has 1 unspecified atom stereocenters. The van der Waals surface area contributed by atoms with Crippen LogP contribution in [0.3, 0.4) is 0 Å². The van der Waals surface area contributed by atoms with Gasteiger partial charge in [-0.2, -0.15) is 0 Å². The van der Waals surface area contributed by atoms with Gasteiger partial charge in [0.1, 0.15) is 6.17 Å². The van der Waals surface area contributed by atoms with Gasteiger partial charge in [0.25, 0.3) is 0 Å². The lowest BCUT2D eigenvalue weighted by atomic mass is 10.1. The molecule has 15 heavy (non-hydrogen) atoms. The molecule has 86 valence electrons. The smallest absolute Gasteiger partial charge is 0.116 e. The van der Waals surface area contributed by atoms with Crippen LogP contribution in [0.4, 0.5) is 0 Å². The van der Waals surface area contributed by atoms with Crippen LogP contribution < -0.4 is 10.6 Å². The van der Waals surface area contributed by atoms with Crippen LogP contribution in [0.25, 0.3) is 0 Å². The Bertz CT molecular complexity index is 270. The normalized spacial score (nSPS) is 20.4. The Labute approximate surface area is 94.1 Å². The summed E-state index contributed by atoms with van der Waals surface area (Å²) in [5.74, 6) is 0. The van der Waals surface area contributed by atoms with Gasteiger partial charge in [-0.1, -0.05) is 26.0 Å². The van der Waals surface area contributed by atoms with Crippen LogP contribution in [0, 0.1) is 0 Å².